The first-order chi connectivity index (χ1) is 9.98. The Balaban J connectivity index is 2.56. The third kappa shape index (κ3) is 3.13. The molecule has 0 aromatic heterocycles. The molecule has 3 heteroatoms. The van der Waals surface area contributed by atoms with Crippen LogP contribution in [0.5, 0.6) is 0 Å². The van der Waals surface area contributed by atoms with Crippen LogP contribution in [0.15, 0.2) is 59.5 Å². The molecule has 1 unspecified atom stereocenters. The number of amides is 1. The van der Waals surface area contributed by atoms with Gasteiger partial charge >= 0.3 is 0 Å². The maximum absolute atomic E-state index is 12.2. The summed E-state index contributed by atoms with van der Waals surface area (Å²) in [6.45, 7) is 4.16. The molecule has 2 N–H and O–H groups in total. The average molecular weight is 299 g/mol. The molecule has 1 amide bonds. The molecule has 0 aliphatic heterocycles. The molecule has 2 rings (SSSR count). The average Bonchev–Trinajstić information content (AvgIpc) is 2.48. The first-order valence-electron chi connectivity index (χ1n) is 6.96. The first kappa shape index (κ1) is 15.6. The van der Waals surface area contributed by atoms with E-state index in [-0.39, 0.29) is 17.2 Å². The number of thioether (sulfide) groups is 1. The number of nitrogens with two attached hydrogens (primary N) is 1. The highest BCUT2D eigenvalue weighted by molar-refractivity contribution is 7.98. The summed E-state index contributed by atoms with van der Waals surface area (Å²) < 4.78 is 0. The Morgan fingerprint density at radius 3 is 2.19 bits per heavy atom. The molecule has 2 nitrogen and oxygen atoms in total. The van der Waals surface area contributed by atoms with E-state index >= 15 is 0 Å². The molecule has 0 spiro atoms. The van der Waals surface area contributed by atoms with Gasteiger partial charge in [0.2, 0.25) is 5.91 Å². The van der Waals surface area contributed by atoms with Gasteiger partial charge < -0.3 is 5.73 Å². The highest BCUT2D eigenvalue weighted by atomic mass is 32.2. The topological polar surface area (TPSA) is 43.1 Å². The van der Waals surface area contributed by atoms with E-state index in [0.29, 0.717) is 0 Å². The maximum Gasteiger partial charge on any atom is 0.225 e. The van der Waals surface area contributed by atoms with Crippen molar-refractivity contribution in [3.05, 3.63) is 65.7 Å². The second kappa shape index (κ2) is 6.35. The van der Waals surface area contributed by atoms with Crippen LogP contribution in [0.4, 0.5) is 0 Å². The van der Waals surface area contributed by atoms with E-state index in [1.54, 1.807) is 11.8 Å². The number of hydrogen-bond acceptors (Lipinski definition) is 2. The number of carbonyl (C=O) groups is 1. The third-order valence-electron chi connectivity index (χ3n) is 3.97. The van der Waals surface area contributed by atoms with Crippen molar-refractivity contribution < 1.29 is 4.79 Å². The van der Waals surface area contributed by atoms with Crippen LogP contribution in [-0.2, 0) is 10.2 Å². The van der Waals surface area contributed by atoms with Crippen LogP contribution in [0.25, 0.3) is 0 Å². The summed E-state index contributed by atoms with van der Waals surface area (Å²) in [5.74, 6) is -0.645. The summed E-state index contributed by atoms with van der Waals surface area (Å²) in [5.41, 5.74) is 7.53. The van der Waals surface area contributed by atoms with Gasteiger partial charge in [0, 0.05) is 10.3 Å². The van der Waals surface area contributed by atoms with Crippen molar-refractivity contribution in [2.45, 2.75) is 30.1 Å². The number of benzene rings is 2. The molecule has 21 heavy (non-hydrogen) atoms. The lowest BCUT2D eigenvalue weighted by atomic mass is 9.70. The van der Waals surface area contributed by atoms with Crippen LogP contribution in [0, 0.1) is 0 Å². The smallest absolute Gasteiger partial charge is 0.225 e. The van der Waals surface area contributed by atoms with Crippen LogP contribution in [0.3, 0.4) is 0 Å². The molecule has 0 radical (unpaired) electrons. The monoisotopic (exact) mass is 299 g/mol. The highest BCUT2D eigenvalue weighted by Crippen LogP contribution is 2.41. The normalized spacial score (nSPS) is 12.9. The Morgan fingerprint density at radius 1 is 1.05 bits per heavy atom. The van der Waals surface area contributed by atoms with Gasteiger partial charge in [-0.2, -0.15) is 0 Å². The van der Waals surface area contributed by atoms with E-state index in [9.17, 15) is 4.79 Å². The summed E-state index contributed by atoms with van der Waals surface area (Å²) in [4.78, 5) is 13.3. The zero-order valence-electron chi connectivity index (χ0n) is 12.7. The van der Waals surface area contributed by atoms with E-state index in [2.05, 4.69) is 26.0 Å². The Hall–Kier alpha value is -1.74. The predicted octanol–water partition coefficient (Wildman–Crippen LogP) is 3.96. The molecule has 0 fully saturated rings. The molecule has 0 saturated carbocycles. The van der Waals surface area contributed by atoms with Crippen LogP contribution in [0.1, 0.15) is 30.9 Å². The van der Waals surface area contributed by atoms with Gasteiger partial charge in [0.1, 0.15) is 0 Å². The fourth-order valence-electron chi connectivity index (χ4n) is 2.84. The van der Waals surface area contributed by atoms with Crippen molar-refractivity contribution in [3.63, 3.8) is 0 Å². The minimum atomic E-state index is -0.362. The van der Waals surface area contributed by atoms with Crippen molar-refractivity contribution in [2.75, 3.05) is 6.26 Å². The van der Waals surface area contributed by atoms with E-state index in [1.165, 1.54) is 0 Å². The number of primary amides is 1. The first-order valence-corrected chi connectivity index (χ1v) is 8.18. The van der Waals surface area contributed by atoms with E-state index in [0.717, 1.165) is 16.0 Å². The van der Waals surface area contributed by atoms with Crippen molar-refractivity contribution in [1.29, 1.82) is 0 Å². The highest BCUT2D eigenvalue weighted by Gasteiger charge is 2.37. The Kier molecular flexibility index (Phi) is 4.73. The molecular formula is C18H21NOS. The maximum atomic E-state index is 12.2. The molecule has 0 aliphatic rings. The van der Waals surface area contributed by atoms with E-state index in [1.807, 2.05) is 48.7 Å². The Bertz CT molecular complexity index is 622. The van der Waals surface area contributed by atoms with Gasteiger partial charge in [0.15, 0.2) is 0 Å². The van der Waals surface area contributed by atoms with Crippen LogP contribution in [0.2, 0.25) is 0 Å². The number of rotatable bonds is 5. The minimum Gasteiger partial charge on any atom is -0.369 e. The quantitative estimate of drug-likeness (QED) is 0.849. The summed E-state index contributed by atoms with van der Waals surface area (Å²) in [6, 6.07) is 18.1. The van der Waals surface area contributed by atoms with Crippen molar-refractivity contribution in [3.8, 4) is 0 Å². The number of carbonyl (C=O) groups excluding carboxylic acids is 1. The van der Waals surface area contributed by atoms with Gasteiger partial charge in [0.05, 0.1) is 5.92 Å². The predicted molar refractivity (Wildman–Crippen MR) is 89.6 cm³/mol. The molecule has 2 aromatic rings. The standard InChI is InChI=1S/C18H21NOS/c1-18(2,13-9-5-4-6-10-13)16(17(19)20)14-11-7-8-12-15(14)21-3/h4-12,16H,1-3H3,(H2,19,20). The molecule has 0 aliphatic carbocycles. The van der Waals surface area contributed by atoms with Crippen molar-refractivity contribution in [2.24, 2.45) is 5.73 Å². The summed E-state index contributed by atoms with van der Waals surface area (Å²) in [6.07, 6.45) is 2.02. The van der Waals surface area contributed by atoms with E-state index in [4.69, 9.17) is 5.73 Å². The summed E-state index contributed by atoms with van der Waals surface area (Å²) in [7, 11) is 0. The Morgan fingerprint density at radius 2 is 1.62 bits per heavy atom. The largest absolute Gasteiger partial charge is 0.369 e. The van der Waals surface area contributed by atoms with Gasteiger partial charge in [0.25, 0.3) is 0 Å². The fraction of sp³-hybridized carbons (Fsp3) is 0.278. The molecule has 0 heterocycles. The molecular weight excluding hydrogens is 278 g/mol. The second-order valence-corrected chi connectivity index (χ2v) is 6.51. The lowest BCUT2D eigenvalue weighted by Gasteiger charge is -2.34. The third-order valence-corrected chi connectivity index (χ3v) is 4.79. The fourth-order valence-corrected chi connectivity index (χ4v) is 3.47. The lowest BCUT2D eigenvalue weighted by Crippen LogP contribution is -2.37. The SMILES string of the molecule is CSc1ccccc1C(C(N)=O)C(C)(C)c1ccccc1. The molecule has 0 bridgehead atoms. The van der Waals surface area contributed by atoms with Gasteiger partial charge in [-0.25, -0.2) is 0 Å². The summed E-state index contributed by atoms with van der Waals surface area (Å²) in [5, 5.41) is 0. The minimum absolute atomic E-state index is 0.287. The van der Waals surface area contributed by atoms with Gasteiger partial charge in [-0.3, -0.25) is 4.79 Å². The number of hydrogen-bond donors (Lipinski definition) is 1. The summed E-state index contributed by atoms with van der Waals surface area (Å²) >= 11 is 1.64. The molecule has 110 valence electrons. The molecule has 0 saturated heterocycles. The van der Waals surface area contributed by atoms with Crippen LogP contribution < -0.4 is 5.73 Å². The molecule has 2 aromatic carbocycles. The Labute approximate surface area is 130 Å². The zero-order valence-corrected chi connectivity index (χ0v) is 13.5. The van der Waals surface area contributed by atoms with Gasteiger partial charge in [-0.15, -0.1) is 11.8 Å². The van der Waals surface area contributed by atoms with Crippen molar-refractivity contribution in [1.82, 2.24) is 0 Å². The van der Waals surface area contributed by atoms with Crippen LogP contribution >= 0.6 is 11.8 Å². The van der Waals surface area contributed by atoms with Gasteiger partial charge in [-0.1, -0.05) is 62.4 Å². The van der Waals surface area contributed by atoms with Crippen molar-refractivity contribution >= 4 is 17.7 Å². The second-order valence-electron chi connectivity index (χ2n) is 5.67. The van der Waals surface area contributed by atoms with Gasteiger partial charge in [-0.05, 0) is 23.4 Å². The van der Waals surface area contributed by atoms with E-state index < -0.39 is 0 Å². The van der Waals surface area contributed by atoms with Crippen LogP contribution in [-0.4, -0.2) is 12.2 Å². The lowest BCUT2D eigenvalue weighted by molar-refractivity contribution is -0.120. The molecule has 1 atom stereocenters. The zero-order chi connectivity index (χ0) is 15.5.